The number of nitrogens with one attached hydrogen (secondary N) is 1. The molecule has 21 heavy (non-hydrogen) atoms. The first-order valence-electron chi connectivity index (χ1n) is 8.10. The molecular formula is C17H31N3O. The SMILES string of the molecule is CCCCCN(c1ccc(CNCCOC)cn1)C(C)C. The van der Waals surface area contributed by atoms with Gasteiger partial charge in [-0.3, -0.25) is 0 Å². The summed E-state index contributed by atoms with van der Waals surface area (Å²) in [6.07, 6.45) is 5.75. The van der Waals surface area contributed by atoms with Crippen molar-refractivity contribution in [2.75, 3.05) is 31.7 Å². The molecule has 120 valence electrons. The highest BCUT2D eigenvalue weighted by Crippen LogP contribution is 2.15. The van der Waals surface area contributed by atoms with Crippen LogP contribution in [-0.4, -0.2) is 37.8 Å². The molecule has 0 bridgehead atoms. The van der Waals surface area contributed by atoms with Gasteiger partial charge in [0.1, 0.15) is 5.82 Å². The number of hydrogen-bond acceptors (Lipinski definition) is 4. The van der Waals surface area contributed by atoms with Crippen LogP contribution in [0.4, 0.5) is 5.82 Å². The number of hydrogen-bond donors (Lipinski definition) is 1. The second-order valence-electron chi connectivity index (χ2n) is 5.69. The number of nitrogens with zero attached hydrogens (tertiary/aromatic N) is 2. The van der Waals surface area contributed by atoms with Crippen LogP contribution in [0.3, 0.4) is 0 Å². The summed E-state index contributed by atoms with van der Waals surface area (Å²) in [4.78, 5) is 7.02. The zero-order valence-corrected chi connectivity index (χ0v) is 14.1. The fourth-order valence-electron chi connectivity index (χ4n) is 2.27. The molecule has 1 aromatic rings. The van der Waals surface area contributed by atoms with Gasteiger partial charge in [0.05, 0.1) is 6.61 Å². The van der Waals surface area contributed by atoms with Gasteiger partial charge in [0, 0.05) is 39.0 Å². The Morgan fingerprint density at radius 2 is 2.10 bits per heavy atom. The zero-order valence-electron chi connectivity index (χ0n) is 14.1. The first kappa shape index (κ1) is 17.9. The summed E-state index contributed by atoms with van der Waals surface area (Å²) >= 11 is 0. The number of aromatic nitrogens is 1. The van der Waals surface area contributed by atoms with Crippen molar-refractivity contribution in [3.63, 3.8) is 0 Å². The fourth-order valence-corrected chi connectivity index (χ4v) is 2.27. The lowest BCUT2D eigenvalue weighted by atomic mass is 10.2. The Morgan fingerprint density at radius 3 is 2.67 bits per heavy atom. The van der Waals surface area contributed by atoms with E-state index in [-0.39, 0.29) is 0 Å². The summed E-state index contributed by atoms with van der Waals surface area (Å²) in [6.45, 7) is 10.2. The Kier molecular flexibility index (Phi) is 9.02. The maximum atomic E-state index is 5.02. The maximum Gasteiger partial charge on any atom is 0.128 e. The molecule has 0 fully saturated rings. The molecule has 1 aromatic heterocycles. The summed E-state index contributed by atoms with van der Waals surface area (Å²) in [5, 5.41) is 3.34. The molecule has 0 amide bonds. The highest BCUT2D eigenvalue weighted by molar-refractivity contribution is 5.40. The van der Waals surface area contributed by atoms with E-state index in [4.69, 9.17) is 4.74 Å². The van der Waals surface area contributed by atoms with Crippen molar-refractivity contribution >= 4 is 5.82 Å². The van der Waals surface area contributed by atoms with E-state index < -0.39 is 0 Å². The Bertz CT molecular complexity index is 365. The first-order valence-corrected chi connectivity index (χ1v) is 8.10. The monoisotopic (exact) mass is 293 g/mol. The van der Waals surface area contributed by atoms with E-state index in [1.54, 1.807) is 7.11 Å². The van der Waals surface area contributed by atoms with Crippen molar-refractivity contribution in [1.29, 1.82) is 0 Å². The minimum Gasteiger partial charge on any atom is -0.383 e. The van der Waals surface area contributed by atoms with Gasteiger partial charge in [-0.2, -0.15) is 0 Å². The van der Waals surface area contributed by atoms with E-state index in [1.807, 2.05) is 6.20 Å². The van der Waals surface area contributed by atoms with Crippen LogP contribution in [0.1, 0.15) is 45.6 Å². The van der Waals surface area contributed by atoms with E-state index in [9.17, 15) is 0 Å². The van der Waals surface area contributed by atoms with Crippen molar-refractivity contribution in [1.82, 2.24) is 10.3 Å². The highest BCUT2D eigenvalue weighted by Gasteiger charge is 2.11. The second kappa shape index (κ2) is 10.6. The molecule has 0 saturated heterocycles. The minimum atomic E-state index is 0.486. The van der Waals surface area contributed by atoms with E-state index in [2.05, 4.69) is 48.1 Å². The molecule has 1 N–H and O–H groups in total. The first-order chi connectivity index (χ1) is 10.2. The smallest absolute Gasteiger partial charge is 0.128 e. The molecule has 0 atom stereocenters. The summed E-state index contributed by atoms with van der Waals surface area (Å²) in [5.41, 5.74) is 1.21. The third-order valence-electron chi connectivity index (χ3n) is 3.54. The lowest BCUT2D eigenvalue weighted by molar-refractivity contribution is 0.199. The summed E-state index contributed by atoms with van der Waals surface area (Å²) < 4.78 is 5.02. The molecule has 0 spiro atoms. The topological polar surface area (TPSA) is 37.4 Å². The molecule has 1 heterocycles. The molecule has 1 rings (SSSR count). The molecule has 0 radical (unpaired) electrons. The average Bonchev–Trinajstić information content (AvgIpc) is 2.49. The number of unbranched alkanes of at least 4 members (excludes halogenated alkanes) is 2. The van der Waals surface area contributed by atoms with E-state index >= 15 is 0 Å². The van der Waals surface area contributed by atoms with Gasteiger partial charge in [-0.15, -0.1) is 0 Å². The van der Waals surface area contributed by atoms with Crippen molar-refractivity contribution in [3.05, 3.63) is 23.9 Å². The Labute approximate surface area is 129 Å². The number of anilines is 1. The summed E-state index contributed by atoms with van der Waals surface area (Å²) in [6, 6.07) is 4.79. The number of rotatable bonds is 11. The molecule has 4 nitrogen and oxygen atoms in total. The van der Waals surface area contributed by atoms with E-state index in [1.165, 1.54) is 24.8 Å². The predicted molar refractivity (Wildman–Crippen MR) is 89.8 cm³/mol. The van der Waals surface area contributed by atoms with Gasteiger partial charge in [-0.05, 0) is 31.9 Å². The van der Waals surface area contributed by atoms with Gasteiger partial charge < -0.3 is 15.0 Å². The summed E-state index contributed by atoms with van der Waals surface area (Å²) in [5.74, 6) is 1.08. The van der Waals surface area contributed by atoms with Crippen LogP contribution in [0, 0.1) is 0 Å². The Morgan fingerprint density at radius 1 is 1.29 bits per heavy atom. The Hall–Kier alpha value is -1.13. The van der Waals surface area contributed by atoms with Crippen molar-refractivity contribution in [3.8, 4) is 0 Å². The van der Waals surface area contributed by atoms with Gasteiger partial charge in [0.2, 0.25) is 0 Å². The van der Waals surface area contributed by atoms with Crippen molar-refractivity contribution < 1.29 is 4.74 Å². The van der Waals surface area contributed by atoms with Gasteiger partial charge in [-0.1, -0.05) is 25.8 Å². The lowest BCUT2D eigenvalue weighted by Crippen LogP contribution is -2.32. The molecular weight excluding hydrogens is 262 g/mol. The van der Waals surface area contributed by atoms with Crippen LogP contribution < -0.4 is 10.2 Å². The number of methoxy groups -OCH3 is 1. The molecule has 0 unspecified atom stereocenters. The largest absolute Gasteiger partial charge is 0.383 e. The van der Waals surface area contributed by atoms with Crippen LogP contribution in [0.25, 0.3) is 0 Å². The highest BCUT2D eigenvalue weighted by atomic mass is 16.5. The molecule has 0 saturated carbocycles. The second-order valence-corrected chi connectivity index (χ2v) is 5.69. The van der Waals surface area contributed by atoms with E-state index in [0.717, 1.165) is 32.1 Å². The number of ether oxygens (including phenoxy) is 1. The van der Waals surface area contributed by atoms with Crippen molar-refractivity contribution in [2.24, 2.45) is 0 Å². The molecule has 0 aromatic carbocycles. The van der Waals surface area contributed by atoms with Crippen molar-refractivity contribution in [2.45, 2.75) is 52.6 Å². The molecule has 4 heteroatoms. The fraction of sp³-hybridized carbons (Fsp3) is 0.706. The third-order valence-corrected chi connectivity index (χ3v) is 3.54. The van der Waals surface area contributed by atoms with Crippen LogP contribution >= 0.6 is 0 Å². The maximum absolute atomic E-state index is 5.02. The van der Waals surface area contributed by atoms with Gasteiger partial charge in [0.15, 0.2) is 0 Å². The number of pyridine rings is 1. The summed E-state index contributed by atoms with van der Waals surface area (Å²) in [7, 11) is 1.72. The normalized spacial score (nSPS) is 11.1. The minimum absolute atomic E-state index is 0.486. The lowest BCUT2D eigenvalue weighted by Gasteiger charge is -2.28. The van der Waals surface area contributed by atoms with Gasteiger partial charge >= 0.3 is 0 Å². The predicted octanol–water partition coefficient (Wildman–Crippen LogP) is 3.22. The van der Waals surface area contributed by atoms with Crippen LogP contribution in [-0.2, 0) is 11.3 Å². The molecule has 0 aliphatic rings. The van der Waals surface area contributed by atoms with Gasteiger partial charge in [0.25, 0.3) is 0 Å². The van der Waals surface area contributed by atoms with Crippen LogP contribution in [0.15, 0.2) is 18.3 Å². The standard InChI is InChI=1S/C17H31N3O/c1-5-6-7-11-20(15(2)3)17-9-8-16(14-19-17)13-18-10-12-21-4/h8-9,14-15,18H,5-7,10-13H2,1-4H3. The van der Waals surface area contributed by atoms with Crippen LogP contribution in [0.5, 0.6) is 0 Å². The van der Waals surface area contributed by atoms with E-state index in [0.29, 0.717) is 6.04 Å². The van der Waals surface area contributed by atoms with Crippen LogP contribution in [0.2, 0.25) is 0 Å². The molecule has 0 aliphatic carbocycles. The average molecular weight is 293 g/mol. The van der Waals surface area contributed by atoms with Gasteiger partial charge in [-0.25, -0.2) is 4.98 Å². The Balaban J connectivity index is 2.52. The quantitative estimate of drug-likeness (QED) is 0.636. The molecule has 0 aliphatic heterocycles. The third kappa shape index (κ3) is 6.91. The zero-order chi connectivity index (χ0) is 15.5.